The Bertz CT molecular complexity index is 540. The van der Waals surface area contributed by atoms with Crippen LogP contribution in [0.2, 0.25) is 0 Å². The van der Waals surface area contributed by atoms with Crippen molar-refractivity contribution in [3.8, 4) is 5.75 Å². The number of fused-ring (bicyclic) bond motifs is 1. The fraction of sp³-hybridized carbons (Fsp3) is 0.562. The number of piperazine rings is 1. The van der Waals surface area contributed by atoms with Gasteiger partial charge in [-0.1, -0.05) is 6.07 Å². The maximum atomic E-state index is 12.7. The summed E-state index contributed by atoms with van der Waals surface area (Å²) in [7, 11) is 3.13. The minimum absolute atomic E-state index is 0.156. The Labute approximate surface area is 125 Å². The van der Waals surface area contributed by atoms with Gasteiger partial charge < -0.3 is 14.8 Å². The number of esters is 1. The second-order valence-electron chi connectivity index (χ2n) is 5.61. The van der Waals surface area contributed by atoms with E-state index in [1.807, 2.05) is 12.1 Å². The molecule has 2 aliphatic rings. The van der Waals surface area contributed by atoms with Crippen LogP contribution in [0.5, 0.6) is 5.75 Å². The van der Waals surface area contributed by atoms with Crippen LogP contribution in [0.1, 0.15) is 17.5 Å². The third-order valence-corrected chi connectivity index (χ3v) is 4.70. The summed E-state index contributed by atoms with van der Waals surface area (Å²) in [5.41, 5.74) is 1.62. The number of carbonyl (C=O) groups excluding carboxylic acids is 1. The van der Waals surface area contributed by atoms with Gasteiger partial charge in [0.05, 0.1) is 14.2 Å². The summed E-state index contributed by atoms with van der Waals surface area (Å²) in [5, 5.41) is 3.34. The lowest BCUT2D eigenvalue weighted by atomic mass is 9.88. The molecule has 1 atom stereocenters. The molecular formula is C16H22N2O3. The second kappa shape index (κ2) is 5.66. The molecule has 1 aromatic carbocycles. The molecule has 3 rings (SSSR count). The van der Waals surface area contributed by atoms with Crippen LogP contribution in [0.3, 0.4) is 0 Å². The van der Waals surface area contributed by atoms with Crippen molar-refractivity contribution in [3.05, 3.63) is 29.3 Å². The summed E-state index contributed by atoms with van der Waals surface area (Å²) in [6, 6.07) is 6.03. The van der Waals surface area contributed by atoms with Crippen molar-refractivity contribution >= 4 is 5.97 Å². The van der Waals surface area contributed by atoms with Crippen molar-refractivity contribution in [3.63, 3.8) is 0 Å². The fourth-order valence-electron chi connectivity index (χ4n) is 3.62. The normalized spacial score (nSPS) is 25.4. The Morgan fingerprint density at radius 3 is 2.71 bits per heavy atom. The van der Waals surface area contributed by atoms with Crippen LogP contribution in [0.15, 0.2) is 18.2 Å². The smallest absolute Gasteiger partial charge is 0.330 e. The molecule has 21 heavy (non-hydrogen) atoms. The van der Waals surface area contributed by atoms with E-state index in [1.165, 1.54) is 12.7 Å². The standard InChI is InChI=1S/C16H22N2O3/c1-20-13-4-3-12-5-6-16(14(12)11-13,15(19)21-2)18-9-7-17-8-10-18/h3-4,11,17H,5-10H2,1-2H3. The third-order valence-electron chi connectivity index (χ3n) is 4.70. The van der Waals surface area contributed by atoms with Gasteiger partial charge >= 0.3 is 5.97 Å². The summed E-state index contributed by atoms with van der Waals surface area (Å²) in [5.74, 6) is 0.635. The van der Waals surface area contributed by atoms with Gasteiger partial charge in [-0.15, -0.1) is 0 Å². The van der Waals surface area contributed by atoms with E-state index in [0.29, 0.717) is 0 Å². The fourth-order valence-corrected chi connectivity index (χ4v) is 3.62. The molecule has 0 bridgehead atoms. The first-order valence-corrected chi connectivity index (χ1v) is 7.44. The number of nitrogens with one attached hydrogen (secondary N) is 1. The minimum Gasteiger partial charge on any atom is -0.497 e. The molecule has 1 aliphatic heterocycles. The average Bonchev–Trinajstić information content (AvgIpc) is 2.94. The van der Waals surface area contributed by atoms with Gasteiger partial charge in [0, 0.05) is 26.2 Å². The Kier molecular flexibility index (Phi) is 3.87. The molecule has 114 valence electrons. The summed E-state index contributed by atoms with van der Waals surface area (Å²) in [6.07, 6.45) is 1.68. The zero-order chi connectivity index (χ0) is 14.9. The van der Waals surface area contributed by atoms with Crippen LogP contribution < -0.4 is 10.1 Å². The van der Waals surface area contributed by atoms with Crippen molar-refractivity contribution in [2.45, 2.75) is 18.4 Å². The lowest BCUT2D eigenvalue weighted by molar-refractivity contribution is -0.157. The molecule has 0 aromatic heterocycles. The van der Waals surface area contributed by atoms with Gasteiger partial charge in [-0.05, 0) is 36.1 Å². The van der Waals surface area contributed by atoms with Crippen LogP contribution in [0.25, 0.3) is 0 Å². The van der Waals surface area contributed by atoms with E-state index in [2.05, 4.69) is 16.3 Å². The van der Waals surface area contributed by atoms with E-state index >= 15 is 0 Å². The lowest BCUT2D eigenvalue weighted by Crippen LogP contribution is -2.57. The van der Waals surface area contributed by atoms with Crippen LogP contribution in [0, 0.1) is 0 Å². The van der Waals surface area contributed by atoms with Crippen LogP contribution in [0.4, 0.5) is 0 Å². The first-order chi connectivity index (χ1) is 10.2. The van der Waals surface area contributed by atoms with Crippen molar-refractivity contribution < 1.29 is 14.3 Å². The Morgan fingerprint density at radius 1 is 1.29 bits per heavy atom. The number of hydrogen-bond donors (Lipinski definition) is 1. The predicted octanol–water partition coefficient (Wildman–Crippen LogP) is 0.915. The number of nitrogens with zero attached hydrogens (tertiary/aromatic N) is 1. The van der Waals surface area contributed by atoms with Gasteiger partial charge in [0.25, 0.3) is 0 Å². The molecule has 1 heterocycles. The summed E-state index contributed by atoms with van der Waals surface area (Å²) in [6.45, 7) is 3.51. The van der Waals surface area contributed by atoms with E-state index in [1.54, 1.807) is 7.11 Å². The highest BCUT2D eigenvalue weighted by Crippen LogP contribution is 2.44. The number of ether oxygens (including phenoxy) is 2. The summed E-state index contributed by atoms with van der Waals surface area (Å²) < 4.78 is 10.5. The molecule has 0 spiro atoms. The van der Waals surface area contributed by atoms with Crippen LogP contribution >= 0.6 is 0 Å². The van der Waals surface area contributed by atoms with E-state index in [0.717, 1.165) is 50.3 Å². The number of aryl methyl sites for hydroxylation is 1. The molecule has 1 N–H and O–H groups in total. The van der Waals surface area contributed by atoms with Gasteiger partial charge in [-0.3, -0.25) is 4.90 Å². The van der Waals surface area contributed by atoms with E-state index < -0.39 is 5.54 Å². The van der Waals surface area contributed by atoms with Crippen molar-refractivity contribution in [1.29, 1.82) is 0 Å². The quantitative estimate of drug-likeness (QED) is 0.839. The Morgan fingerprint density at radius 2 is 2.05 bits per heavy atom. The highest BCUT2D eigenvalue weighted by molar-refractivity contribution is 5.84. The highest BCUT2D eigenvalue weighted by atomic mass is 16.5. The topological polar surface area (TPSA) is 50.8 Å². The number of benzene rings is 1. The molecule has 0 radical (unpaired) electrons. The van der Waals surface area contributed by atoms with Gasteiger partial charge in [0.15, 0.2) is 0 Å². The third kappa shape index (κ3) is 2.21. The van der Waals surface area contributed by atoms with Gasteiger partial charge in [0.1, 0.15) is 11.3 Å². The molecule has 5 heteroatoms. The van der Waals surface area contributed by atoms with Gasteiger partial charge in [0.2, 0.25) is 0 Å². The van der Waals surface area contributed by atoms with E-state index in [4.69, 9.17) is 9.47 Å². The van der Waals surface area contributed by atoms with Crippen LogP contribution in [-0.2, 0) is 21.5 Å². The summed E-state index contributed by atoms with van der Waals surface area (Å²) in [4.78, 5) is 14.9. The SMILES string of the molecule is COC(=O)C1(N2CCNCC2)CCc2ccc(OC)cc21. The second-order valence-corrected chi connectivity index (χ2v) is 5.61. The zero-order valence-electron chi connectivity index (χ0n) is 12.6. The molecule has 0 saturated carbocycles. The highest BCUT2D eigenvalue weighted by Gasteiger charge is 2.51. The van der Waals surface area contributed by atoms with Gasteiger partial charge in [-0.25, -0.2) is 4.79 Å². The molecule has 1 fully saturated rings. The molecule has 1 unspecified atom stereocenters. The lowest BCUT2D eigenvalue weighted by Gasteiger charge is -2.42. The molecular weight excluding hydrogens is 268 g/mol. The molecule has 1 saturated heterocycles. The molecule has 0 amide bonds. The van der Waals surface area contributed by atoms with Gasteiger partial charge in [-0.2, -0.15) is 0 Å². The van der Waals surface area contributed by atoms with Crippen LogP contribution in [-0.4, -0.2) is 51.3 Å². The Hall–Kier alpha value is -1.59. The largest absolute Gasteiger partial charge is 0.497 e. The monoisotopic (exact) mass is 290 g/mol. The first kappa shape index (κ1) is 14.4. The van der Waals surface area contributed by atoms with Crippen molar-refractivity contribution in [2.24, 2.45) is 0 Å². The number of hydrogen-bond acceptors (Lipinski definition) is 5. The molecule has 5 nitrogen and oxygen atoms in total. The average molecular weight is 290 g/mol. The minimum atomic E-state index is -0.652. The Balaban J connectivity index is 2.08. The van der Waals surface area contributed by atoms with Crippen molar-refractivity contribution in [1.82, 2.24) is 10.2 Å². The molecule has 1 aromatic rings. The summed E-state index contributed by atoms with van der Waals surface area (Å²) >= 11 is 0. The van der Waals surface area contributed by atoms with E-state index in [-0.39, 0.29) is 5.97 Å². The predicted molar refractivity (Wildman–Crippen MR) is 79.5 cm³/mol. The zero-order valence-corrected chi connectivity index (χ0v) is 12.6. The number of carbonyl (C=O) groups is 1. The van der Waals surface area contributed by atoms with E-state index in [9.17, 15) is 4.79 Å². The first-order valence-electron chi connectivity index (χ1n) is 7.44. The maximum absolute atomic E-state index is 12.7. The number of rotatable bonds is 3. The number of methoxy groups -OCH3 is 2. The molecule has 1 aliphatic carbocycles. The van der Waals surface area contributed by atoms with Crippen molar-refractivity contribution in [2.75, 3.05) is 40.4 Å². The maximum Gasteiger partial charge on any atom is 0.330 e.